The van der Waals surface area contributed by atoms with Gasteiger partial charge in [0.2, 0.25) is 0 Å². The van der Waals surface area contributed by atoms with E-state index in [0.717, 1.165) is 14.7 Å². The van der Waals surface area contributed by atoms with Crippen LogP contribution in [0.4, 0.5) is 10.8 Å². The Morgan fingerprint density at radius 3 is 2.67 bits per heavy atom. The molecule has 0 saturated heterocycles. The van der Waals surface area contributed by atoms with Crippen molar-refractivity contribution in [1.29, 1.82) is 0 Å². The molecule has 0 radical (unpaired) electrons. The third kappa shape index (κ3) is 3.60. The highest BCUT2D eigenvalue weighted by Gasteiger charge is 2.15. The van der Waals surface area contributed by atoms with E-state index in [1.54, 1.807) is 24.3 Å². The Hall–Kier alpha value is -3.04. The Kier molecular flexibility index (Phi) is 4.46. The van der Waals surface area contributed by atoms with Crippen LogP contribution in [0.3, 0.4) is 0 Å². The number of carbonyl (C=O) groups excluding carboxylic acids is 1. The number of furan rings is 1. The second-order valence-electron chi connectivity index (χ2n) is 5.55. The smallest absolute Gasteiger partial charge is 0.293 e. The summed E-state index contributed by atoms with van der Waals surface area (Å²) in [6.07, 6.45) is 0. The number of hydrogen-bond acceptors (Lipinski definition) is 6. The minimum Gasteiger partial charge on any atom is -0.451 e. The van der Waals surface area contributed by atoms with Gasteiger partial charge in [0.05, 0.1) is 15.1 Å². The molecule has 1 N–H and O–H groups in total. The van der Waals surface area contributed by atoms with Crippen LogP contribution in [-0.2, 0) is 0 Å². The molecule has 2 aromatic heterocycles. The molecule has 0 spiro atoms. The molecule has 2 heterocycles. The highest BCUT2D eigenvalue weighted by molar-refractivity contribution is 9.10. The van der Waals surface area contributed by atoms with Gasteiger partial charge < -0.3 is 4.42 Å². The molecule has 0 aliphatic carbocycles. The van der Waals surface area contributed by atoms with E-state index in [0.29, 0.717) is 16.5 Å². The molecule has 4 rings (SSSR count). The van der Waals surface area contributed by atoms with E-state index in [1.807, 2.05) is 18.2 Å². The van der Waals surface area contributed by atoms with Crippen molar-refractivity contribution in [3.63, 3.8) is 0 Å². The van der Waals surface area contributed by atoms with Crippen molar-refractivity contribution >= 4 is 54.2 Å². The van der Waals surface area contributed by atoms with E-state index in [9.17, 15) is 14.9 Å². The Labute approximate surface area is 164 Å². The molecule has 0 unspecified atom stereocenters. The first kappa shape index (κ1) is 17.4. The minimum absolute atomic E-state index is 0.00857. The largest absolute Gasteiger partial charge is 0.451 e. The number of nitro groups is 1. The average molecular weight is 444 g/mol. The molecular formula is C18H10BrN3O4S. The zero-order valence-electron chi connectivity index (χ0n) is 13.5. The standard InChI is InChI=1S/C18H10BrN3O4S/c19-11-3-6-13-16(9-11)27-18(20-13)21-17(23)15-8-7-14(26-15)10-1-4-12(5-2-10)22(24)25/h1-9H,(H,20,21,23). The van der Waals surface area contributed by atoms with E-state index < -0.39 is 10.8 Å². The molecule has 0 fully saturated rings. The van der Waals surface area contributed by atoms with Crippen molar-refractivity contribution in [3.8, 4) is 11.3 Å². The number of halogens is 1. The van der Waals surface area contributed by atoms with Crippen LogP contribution in [0.1, 0.15) is 10.6 Å². The van der Waals surface area contributed by atoms with Gasteiger partial charge in [-0.3, -0.25) is 20.2 Å². The first-order valence-electron chi connectivity index (χ1n) is 7.72. The van der Waals surface area contributed by atoms with Crippen LogP contribution in [-0.4, -0.2) is 15.8 Å². The zero-order chi connectivity index (χ0) is 19.0. The number of hydrogen-bond donors (Lipinski definition) is 1. The van der Waals surface area contributed by atoms with E-state index in [4.69, 9.17) is 4.42 Å². The second-order valence-corrected chi connectivity index (χ2v) is 7.50. The number of anilines is 1. The highest BCUT2D eigenvalue weighted by atomic mass is 79.9. The molecule has 0 bridgehead atoms. The predicted molar refractivity (Wildman–Crippen MR) is 106 cm³/mol. The summed E-state index contributed by atoms with van der Waals surface area (Å²) in [4.78, 5) is 27.0. The van der Waals surface area contributed by atoms with Gasteiger partial charge in [-0.15, -0.1) is 0 Å². The van der Waals surface area contributed by atoms with Gasteiger partial charge in [0.1, 0.15) is 5.76 Å². The molecule has 2 aromatic carbocycles. The number of benzene rings is 2. The van der Waals surface area contributed by atoms with E-state index >= 15 is 0 Å². The number of rotatable bonds is 4. The predicted octanol–water partition coefficient (Wildman–Crippen LogP) is 5.48. The zero-order valence-corrected chi connectivity index (χ0v) is 15.9. The number of non-ortho nitro benzene ring substituents is 1. The Morgan fingerprint density at radius 1 is 1.15 bits per heavy atom. The van der Waals surface area contributed by atoms with Crippen molar-refractivity contribution in [1.82, 2.24) is 4.98 Å². The number of amides is 1. The summed E-state index contributed by atoms with van der Waals surface area (Å²) in [6.45, 7) is 0. The number of nitro benzene ring substituents is 1. The quantitative estimate of drug-likeness (QED) is 0.332. The van der Waals surface area contributed by atoms with Crippen LogP contribution >= 0.6 is 27.3 Å². The Morgan fingerprint density at radius 2 is 1.93 bits per heavy atom. The second kappa shape index (κ2) is 6.93. The van der Waals surface area contributed by atoms with Crippen molar-refractivity contribution in [2.75, 3.05) is 5.32 Å². The molecule has 27 heavy (non-hydrogen) atoms. The summed E-state index contributed by atoms with van der Waals surface area (Å²) in [6, 6.07) is 14.8. The van der Waals surface area contributed by atoms with Crippen LogP contribution in [0.25, 0.3) is 21.5 Å². The van der Waals surface area contributed by atoms with Gasteiger partial charge >= 0.3 is 0 Å². The van der Waals surface area contributed by atoms with Gasteiger partial charge in [-0.1, -0.05) is 27.3 Å². The lowest BCUT2D eigenvalue weighted by Crippen LogP contribution is -2.10. The third-order valence-electron chi connectivity index (χ3n) is 3.76. The minimum atomic E-state index is -0.471. The van der Waals surface area contributed by atoms with Gasteiger partial charge in [-0.2, -0.15) is 0 Å². The van der Waals surface area contributed by atoms with Crippen molar-refractivity contribution in [2.45, 2.75) is 0 Å². The molecule has 7 nitrogen and oxygen atoms in total. The molecule has 0 atom stereocenters. The fourth-order valence-electron chi connectivity index (χ4n) is 2.47. The maximum Gasteiger partial charge on any atom is 0.293 e. The van der Waals surface area contributed by atoms with Crippen LogP contribution < -0.4 is 5.32 Å². The topological polar surface area (TPSA) is 98.3 Å². The molecule has 0 aliphatic rings. The summed E-state index contributed by atoms with van der Waals surface area (Å²) in [5, 5.41) is 13.9. The lowest BCUT2D eigenvalue weighted by atomic mass is 10.1. The monoisotopic (exact) mass is 443 g/mol. The number of fused-ring (bicyclic) bond motifs is 1. The summed E-state index contributed by atoms with van der Waals surface area (Å²) >= 11 is 4.77. The fraction of sp³-hybridized carbons (Fsp3) is 0. The first-order valence-corrected chi connectivity index (χ1v) is 9.33. The number of aromatic nitrogens is 1. The first-order chi connectivity index (χ1) is 13.0. The fourth-order valence-corrected chi connectivity index (χ4v) is 3.89. The molecule has 134 valence electrons. The molecule has 9 heteroatoms. The average Bonchev–Trinajstić information content (AvgIpc) is 3.28. The summed E-state index contributed by atoms with van der Waals surface area (Å²) in [7, 11) is 0. The van der Waals surface area contributed by atoms with Gasteiger partial charge in [0, 0.05) is 22.2 Å². The molecular weight excluding hydrogens is 434 g/mol. The van der Waals surface area contributed by atoms with Crippen LogP contribution in [0.5, 0.6) is 0 Å². The molecule has 0 saturated carbocycles. The van der Waals surface area contributed by atoms with Gasteiger partial charge in [0.25, 0.3) is 11.6 Å². The molecule has 4 aromatic rings. The summed E-state index contributed by atoms with van der Waals surface area (Å²) in [5.41, 5.74) is 1.43. The van der Waals surface area contributed by atoms with E-state index in [2.05, 4.69) is 26.2 Å². The van der Waals surface area contributed by atoms with Crippen LogP contribution in [0.2, 0.25) is 0 Å². The summed E-state index contributed by atoms with van der Waals surface area (Å²) < 4.78 is 7.47. The van der Waals surface area contributed by atoms with Crippen molar-refractivity contribution in [3.05, 3.63) is 74.9 Å². The Bertz CT molecular complexity index is 1170. The number of carbonyl (C=O) groups is 1. The number of nitrogens with one attached hydrogen (secondary N) is 1. The van der Waals surface area contributed by atoms with Gasteiger partial charge in [-0.25, -0.2) is 4.98 Å². The lowest BCUT2D eigenvalue weighted by Gasteiger charge is -1.99. The SMILES string of the molecule is O=C(Nc1nc2ccc(Br)cc2s1)c1ccc(-c2ccc([N+](=O)[O-])cc2)o1. The maximum absolute atomic E-state index is 12.4. The van der Waals surface area contributed by atoms with Gasteiger partial charge in [0.15, 0.2) is 10.9 Å². The Balaban J connectivity index is 1.53. The maximum atomic E-state index is 12.4. The van der Waals surface area contributed by atoms with E-state index in [-0.39, 0.29) is 11.4 Å². The number of nitrogens with zero attached hydrogens (tertiary/aromatic N) is 2. The van der Waals surface area contributed by atoms with E-state index in [1.165, 1.54) is 23.5 Å². The molecule has 0 aliphatic heterocycles. The number of thiazole rings is 1. The van der Waals surface area contributed by atoms with Gasteiger partial charge in [-0.05, 0) is 42.5 Å². The van der Waals surface area contributed by atoms with Crippen LogP contribution in [0, 0.1) is 10.1 Å². The third-order valence-corrected chi connectivity index (χ3v) is 5.19. The van der Waals surface area contributed by atoms with Crippen LogP contribution in [0.15, 0.2) is 63.5 Å². The normalized spacial score (nSPS) is 10.9. The lowest BCUT2D eigenvalue weighted by molar-refractivity contribution is -0.384. The molecule has 1 amide bonds. The summed E-state index contributed by atoms with van der Waals surface area (Å²) in [5.74, 6) is 0.161. The van der Waals surface area contributed by atoms with Crippen molar-refractivity contribution in [2.24, 2.45) is 0 Å². The highest BCUT2D eigenvalue weighted by Crippen LogP contribution is 2.29. The van der Waals surface area contributed by atoms with Crippen molar-refractivity contribution < 1.29 is 14.1 Å².